The number of aliphatic hydroxyl groups is 1. The van der Waals surface area contributed by atoms with Gasteiger partial charge in [-0.05, 0) is 25.1 Å². The minimum atomic E-state index is -0.659. The largest absolute Gasteiger partial charge is 0.438 e. The van der Waals surface area contributed by atoms with Crippen molar-refractivity contribution in [3.8, 4) is 23.5 Å². The SMILES string of the molecule is CC(O)C#Cc1ccccc1Oc1ccccn1. The van der Waals surface area contributed by atoms with Crippen LogP contribution in [0.15, 0.2) is 48.7 Å². The summed E-state index contributed by atoms with van der Waals surface area (Å²) in [7, 11) is 0. The summed E-state index contributed by atoms with van der Waals surface area (Å²) < 4.78 is 5.65. The molecule has 1 aromatic carbocycles. The third kappa shape index (κ3) is 3.34. The first-order valence-corrected chi connectivity index (χ1v) is 5.63. The Morgan fingerprint density at radius 2 is 1.94 bits per heavy atom. The lowest BCUT2D eigenvalue weighted by Crippen LogP contribution is -1.94. The lowest BCUT2D eigenvalue weighted by Gasteiger charge is -2.06. The van der Waals surface area contributed by atoms with E-state index in [0.29, 0.717) is 11.6 Å². The van der Waals surface area contributed by atoms with Gasteiger partial charge in [-0.25, -0.2) is 4.98 Å². The maximum Gasteiger partial charge on any atom is 0.219 e. The van der Waals surface area contributed by atoms with Crippen LogP contribution in [-0.2, 0) is 0 Å². The summed E-state index contributed by atoms with van der Waals surface area (Å²) in [5.74, 6) is 6.72. The molecule has 90 valence electrons. The highest BCUT2D eigenvalue weighted by atomic mass is 16.5. The Balaban J connectivity index is 2.26. The first kappa shape index (κ1) is 12.2. The minimum Gasteiger partial charge on any atom is -0.438 e. The van der Waals surface area contributed by atoms with E-state index in [1.165, 1.54) is 0 Å². The summed E-state index contributed by atoms with van der Waals surface area (Å²) in [6.07, 6.45) is 1.01. The molecule has 0 saturated carbocycles. The van der Waals surface area contributed by atoms with Gasteiger partial charge in [0.05, 0.1) is 5.56 Å². The maximum atomic E-state index is 9.17. The van der Waals surface area contributed by atoms with Crippen LogP contribution in [0, 0.1) is 11.8 Å². The molecule has 0 bridgehead atoms. The van der Waals surface area contributed by atoms with Gasteiger partial charge in [-0.15, -0.1) is 0 Å². The molecule has 1 aromatic heterocycles. The van der Waals surface area contributed by atoms with Crippen molar-refractivity contribution in [2.45, 2.75) is 13.0 Å². The number of aromatic nitrogens is 1. The van der Waals surface area contributed by atoms with Crippen molar-refractivity contribution in [3.63, 3.8) is 0 Å². The van der Waals surface area contributed by atoms with E-state index >= 15 is 0 Å². The zero-order valence-electron chi connectivity index (χ0n) is 10.00. The standard InChI is InChI=1S/C15H13NO2/c1-12(17)9-10-13-6-2-3-7-14(13)18-15-8-4-5-11-16-15/h2-8,11-12,17H,1H3. The maximum absolute atomic E-state index is 9.17. The highest BCUT2D eigenvalue weighted by Crippen LogP contribution is 2.22. The number of pyridine rings is 1. The van der Waals surface area contributed by atoms with Gasteiger partial charge in [-0.3, -0.25) is 0 Å². The first-order valence-electron chi connectivity index (χ1n) is 5.63. The first-order chi connectivity index (χ1) is 8.75. The lowest BCUT2D eigenvalue weighted by molar-refractivity contribution is 0.253. The second-order valence-corrected chi connectivity index (χ2v) is 3.71. The van der Waals surface area contributed by atoms with Crippen LogP contribution in [-0.4, -0.2) is 16.2 Å². The molecule has 0 aliphatic heterocycles. The Kier molecular flexibility index (Phi) is 3.95. The Morgan fingerprint density at radius 3 is 2.67 bits per heavy atom. The molecule has 0 spiro atoms. The average Bonchev–Trinajstić information content (AvgIpc) is 2.39. The molecule has 18 heavy (non-hydrogen) atoms. The Morgan fingerprint density at radius 1 is 1.17 bits per heavy atom. The molecule has 0 aliphatic rings. The smallest absolute Gasteiger partial charge is 0.219 e. The van der Waals surface area contributed by atoms with E-state index in [1.54, 1.807) is 19.2 Å². The molecule has 1 heterocycles. The molecule has 1 N–H and O–H groups in total. The van der Waals surface area contributed by atoms with Crippen LogP contribution in [0.4, 0.5) is 0 Å². The van der Waals surface area contributed by atoms with Gasteiger partial charge in [-0.1, -0.05) is 30.0 Å². The molecule has 1 unspecified atom stereocenters. The van der Waals surface area contributed by atoms with Gasteiger partial charge in [0.2, 0.25) is 5.88 Å². The van der Waals surface area contributed by atoms with Crippen LogP contribution in [0.3, 0.4) is 0 Å². The van der Waals surface area contributed by atoms with Crippen molar-refractivity contribution < 1.29 is 9.84 Å². The molecule has 0 amide bonds. The van der Waals surface area contributed by atoms with Crippen molar-refractivity contribution in [2.75, 3.05) is 0 Å². The van der Waals surface area contributed by atoms with Crippen LogP contribution in [0.25, 0.3) is 0 Å². The van der Waals surface area contributed by atoms with Gasteiger partial charge < -0.3 is 9.84 Å². The van der Waals surface area contributed by atoms with Gasteiger partial charge in [-0.2, -0.15) is 0 Å². The molecule has 0 radical (unpaired) electrons. The van der Waals surface area contributed by atoms with Gasteiger partial charge >= 0.3 is 0 Å². The topological polar surface area (TPSA) is 42.4 Å². The van der Waals surface area contributed by atoms with E-state index < -0.39 is 6.10 Å². The summed E-state index contributed by atoms with van der Waals surface area (Å²) in [6.45, 7) is 1.62. The Bertz CT molecular complexity index is 568. The fourth-order valence-corrected chi connectivity index (χ4v) is 1.36. The quantitative estimate of drug-likeness (QED) is 0.819. The summed E-state index contributed by atoms with van der Waals surface area (Å²) in [5.41, 5.74) is 0.726. The van der Waals surface area contributed by atoms with Crippen LogP contribution < -0.4 is 4.74 Å². The van der Waals surface area contributed by atoms with Crippen molar-refractivity contribution in [1.29, 1.82) is 0 Å². The normalized spacial score (nSPS) is 11.2. The van der Waals surface area contributed by atoms with Crippen LogP contribution >= 0.6 is 0 Å². The highest BCUT2D eigenvalue weighted by Gasteiger charge is 2.02. The predicted octanol–water partition coefficient (Wildman–Crippen LogP) is 2.61. The van der Waals surface area contributed by atoms with Gasteiger partial charge in [0, 0.05) is 12.3 Å². The third-order valence-electron chi connectivity index (χ3n) is 2.16. The molecule has 3 heteroatoms. The number of aliphatic hydroxyl groups excluding tert-OH is 1. The number of benzene rings is 1. The summed E-state index contributed by atoms with van der Waals surface area (Å²) in [5, 5.41) is 9.17. The monoisotopic (exact) mass is 239 g/mol. The molecule has 1 atom stereocenters. The zero-order valence-corrected chi connectivity index (χ0v) is 10.00. The van der Waals surface area contributed by atoms with Crippen LogP contribution in [0.5, 0.6) is 11.6 Å². The zero-order chi connectivity index (χ0) is 12.8. The number of nitrogens with zero attached hydrogens (tertiary/aromatic N) is 1. The molecule has 2 aromatic rings. The molecular formula is C15H13NO2. The van der Waals surface area contributed by atoms with E-state index in [1.807, 2.05) is 36.4 Å². The number of ether oxygens (including phenoxy) is 1. The van der Waals surface area contributed by atoms with Crippen molar-refractivity contribution in [2.24, 2.45) is 0 Å². The molecule has 3 nitrogen and oxygen atoms in total. The van der Waals surface area contributed by atoms with Gasteiger partial charge in [0.25, 0.3) is 0 Å². The minimum absolute atomic E-state index is 0.517. The van der Waals surface area contributed by atoms with Crippen LogP contribution in [0.2, 0.25) is 0 Å². The second kappa shape index (κ2) is 5.85. The highest BCUT2D eigenvalue weighted by molar-refractivity contribution is 5.47. The van der Waals surface area contributed by atoms with Crippen LogP contribution in [0.1, 0.15) is 12.5 Å². The fraction of sp³-hybridized carbons (Fsp3) is 0.133. The van der Waals surface area contributed by atoms with E-state index in [9.17, 15) is 0 Å². The van der Waals surface area contributed by atoms with E-state index in [2.05, 4.69) is 16.8 Å². The molecule has 0 aliphatic carbocycles. The predicted molar refractivity (Wildman–Crippen MR) is 69.3 cm³/mol. The molecular weight excluding hydrogens is 226 g/mol. The molecule has 2 rings (SSSR count). The second-order valence-electron chi connectivity index (χ2n) is 3.71. The lowest BCUT2D eigenvalue weighted by atomic mass is 10.2. The average molecular weight is 239 g/mol. The van der Waals surface area contributed by atoms with Crippen molar-refractivity contribution in [3.05, 3.63) is 54.2 Å². The Labute approximate surface area is 106 Å². The van der Waals surface area contributed by atoms with Gasteiger partial charge in [0.1, 0.15) is 11.9 Å². The summed E-state index contributed by atoms with van der Waals surface area (Å²) >= 11 is 0. The third-order valence-corrected chi connectivity index (χ3v) is 2.16. The number of hydrogen-bond donors (Lipinski definition) is 1. The van der Waals surface area contributed by atoms with Crippen molar-refractivity contribution >= 4 is 0 Å². The number of hydrogen-bond acceptors (Lipinski definition) is 3. The molecule has 0 saturated heterocycles. The number of rotatable bonds is 2. The molecule has 0 fully saturated rings. The van der Waals surface area contributed by atoms with E-state index in [-0.39, 0.29) is 0 Å². The summed E-state index contributed by atoms with van der Waals surface area (Å²) in [6, 6.07) is 12.9. The van der Waals surface area contributed by atoms with E-state index in [0.717, 1.165) is 5.56 Å². The van der Waals surface area contributed by atoms with Gasteiger partial charge in [0.15, 0.2) is 0 Å². The fourth-order valence-electron chi connectivity index (χ4n) is 1.36. The van der Waals surface area contributed by atoms with Crippen molar-refractivity contribution in [1.82, 2.24) is 4.98 Å². The van der Waals surface area contributed by atoms with E-state index in [4.69, 9.17) is 9.84 Å². The number of para-hydroxylation sites is 1. The summed E-state index contributed by atoms with van der Waals surface area (Å²) in [4.78, 5) is 4.09. The Hall–Kier alpha value is -2.31.